The van der Waals surface area contributed by atoms with Gasteiger partial charge < -0.3 is 10.5 Å². The number of anilines is 1. The predicted molar refractivity (Wildman–Crippen MR) is 65.8 cm³/mol. The summed E-state index contributed by atoms with van der Waals surface area (Å²) < 4.78 is 7.51. The van der Waals surface area contributed by atoms with E-state index in [1.807, 2.05) is 23.8 Å². The van der Waals surface area contributed by atoms with Crippen LogP contribution in [0.25, 0.3) is 11.2 Å². The molecule has 1 fully saturated rings. The van der Waals surface area contributed by atoms with Crippen LogP contribution in [0.2, 0.25) is 0 Å². The van der Waals surface area contributed by atoms with Crippen molar-refractivity contribution < 1.29 is 4.74 Å². The summed E-state index contributed by atoms with van der Waals surface area (Å²) in [5.41, 5.74) is 8.82. The SMILES string of the molecule is Cc1cnc2c(c1)nc(N)n2C1CCCOC1. The number of pyridine rings is 1. The number of aryl methyl sites for hydroxylation is 1. The van der Waals surface area contributed by atoms with Crippen LogP contribution < -0.4 is 5.73 Å². The van der Waals surface area contributed by atoms with E-state index in [0.29, 0.717) is 12.6 Å². The third-order valence-corrected chi connectivity index (χ3v) is 3.20. The fourth-order valence-electron chi connectivity index (χ4n) is 2.39. The highest BCUT2D eigenvalue weighted by molar-refractivity contribution is 5.74. The Morgan fingerprint density at radius 1 is 1.53 bits per heavy atom. The van der Waals surface area contributed by atoms with Gasteiger partial charge in [-0.2, -0.15) is 0 Å². The predicted octanol–water partition coefficient (Wildman–Crippen LogP) is 1.67. The van der Waals surface area contributed by atoms with E-state index < -0.39 is 0 Å². The molecule has 1 unspecified atom stereocenters. The molecule has 2 N–H and O–H groups in total. The number of ether oxygens (including phenoxy) is 1. The molecule has 5 nitrogen and oxygen atoms in total. The van der Waals surface area contributed by atoms with E-state index in [2.05, 4.69) is 9.97 Å². The summed E-state index contributed by atoms with van der Waals surface area (Å²) in [6, 6.07) is 2.28. The zero-order valence-electron chi connectivity index (χ0n) is 9.89. The van der Waals surface area contributed by atoms with Crippen molar-refractivity contribution >= 4 is 17.1 Å². The molecule has 3 rings (SSSR count). The minimum atomic E-state index is 0.268. The molecule has 5 heteroatoms. The number of imidazole rings is 1. The highest BCUT2D eigenvalue weighted by Crippen LogP contribution is 2.27. The van der Waals surface area contributed by atoms with E-state index in [0.717, 1.165) is 36.2 Å². The minimum absolute atomic E-state index is 0.268. The van der Waals surface area contributed by atoms with Crippen molar-refractivity contribution in [3.8, 4) is 0 Å². The van der Waals surface area contributed by atoms with Crippen LogP contribution in [0.1, 0.15) is 24.4 Å². The van der Waals surface area contributed by atoms with E-state index in [-0.39, 0.29) is 6.04 Å². The molecular weight excluding hydrogens is 216 g/mol. The highest BCUT2D eigenvalue weighted by atomic mass is 16.5. The van der Waals surface area contributed by atoms with Gasteiger partial charge in [0.15, 0.2) is 5.65 Å². The standard InChI is InChI=1S/C12H16N4O/c1-8-5-10-11(14-6-8)16(12(13)15-10)9-3-2-4-17-7-9/h5-6,9H,2-4,7H2,1H3,(H2,13,15). The molecule has 3 heterocycles. The quantitative estimate of drug-likeness (QED) is 0.812. The van der Waals surface area contributed by atoms with E-state index in [4.69, 9.17) is 10.5 Å². The molecule has 2 aromatic rings. The molecule has 1 saturated heterocycles. The highest BCUT2D eigenvalue weighted by Gasteiger charge is 2.21. The topological polar surface area (TPSA) is 66.0 Å². The van der Waals surface area contributed by atoms with Gasteiger partial charge in [-0.15, -0.1) is 0 Å². The Morgan fingerprint density at radius 2 is 2.41 bits per heavy atom. The second-order valence-electron chi connectivity index (χ2n) is 4.57. The largest absolute Gasteiger partial charge is 0.379 e. The first-order valence-corrected chi connectivity index (χ1v) is 5.93. The van der Waals surface area contributed by atoms with Gasteiger partial charge in [-0.1, -0.05) is 0 Å². The number of aromatic nitrogens is 3. The van der Waals surface area contributed by atoms with Gasteiger partial charge in [-0.25, -0.2) is 9.97 Å². The van der Waals surface area contributed by atoms with Gasteiger partial charge >= 0.3 is 0 Å². The molecule has 0 radical (unpaired) electrons. The normalized spacial score (nSPS) is 20.9. The Balaban J connectivity index is 2.11. The molecule has 0 spiro atoms. The molecule has 1 aliphatic heterocycles. The van der Waals surface area contributed by atoms with E-state index in [1.165, 1.54) is 0 Å². The number of nitrogens with zero attached hydrogens (tertiary/aromatic N) is 3. The number of hydrogen-bond donors (Lipinski definition) is 1. The molecule has 17 heavy (non-hydrogen) atoms. The van der Waals surface area contributed by atoms with Gasteiger partial charge in [0.1, 0.15) is 5.52 Å². The van der Waals surface area contributed by atoms with Crippen molar-refractivity contribution in [3.63, 3.8) is 0 Å². The molecule has 2 aromatic heterocycles. The number of nitrogen functional groups attached to an aromatic ring is 1. The van der Waals surface area contributed by atoms with Crippen LogP contribution in [0, 0.1) is 6.92 Å². The average molecular weight is 232 g/mol. The van der Waals surface area contributed by atoms with Crippen molar-refractivity contribution in [2.45, 2.75) is 25.8 Å². The first-order chi connectivity index (χ1) is 8.25. The lowest BCUT2D eigenvalue weighted by atomic mass is 10.1. The van der Waals surface area contributed by atoms with Crippen LogP contribution in [-0.2, 0) is 4.74 Å². The lowest BCUT2D eigenvalue weighted by Gasteiger charge is -2.24. The first-order valence-electron chi connectivity index (χ1n) is 5.93. The maximum Gasteiger partial charge on any atom is 0.202 e. The summed E-state index contributed by atoms with van der Waals surface area (Å²) in [5.74, 6) is 0.536. The van der Waals surface area contributed by atoms with Gasteiger partial charge in [-0.05, 0) is 31.4 Å². The van der Waals surface area contributed by atoms with Crippen LogP contribution in [0.15, 0.2) is 12.3 Å². The van der Waals surface area contributed by atoms with Crippen molar-refractivity contribution in [1.29, 1.82) is 0 Å². The zero-order chi connectivity index (χ0) is 11.8. The summed E-state index contributed by atoms with van der Waals surface area (Å²) in [5, 5.41) is 0. The van der Waals surface area contributed by atoms with Gasteiger partial charge in [0.05, 0.1) is 12.6 Å². The van der Waals surface area contributed by atoms with E-state index >= 15 is 0 Å². The molecular formula is C12H16N4O. The fraction of sp³-hybridized carbons (Fsp3) is 0.500. The average Bonchev–Trinajstić information content (AvgIpc) is 2.65. The van der Waals surface area contributed by atoms with Gasteiger partial charge in [-0.3, -0.25) is 4.57 Å². The summed E-state index contributed by atoms with van der Waals surface area (Å²) in [6.45, 7) is 3.55. The van der Waals surface area contributed by atoms with Crippen molar-refractivity contribution in [1.82, 2.24) is 14.5 Å². The maximum atomic E-state index is 5.99. The molecule has 0 aliphatic carbocycles. The molecule has 90 valence electrons. The molecule has 0 bridgehead atoms. The Labute approximate surface area is 99.6 Å². The summed E-state index contributed by atoms with van der Waals surface area (Å²) in [4.78, 5) is 8.81. The second kappa shape index (κ2) is 4.00. The van der Waals surface area contributed by atoms with E-state index in [9.17, 15) is 0 Å². The van der Waals surface area contributed by atoms with Crippen molar-refractivity contribution in [2.75, 3.05) is 18.9 Å². The Kier molecular flexibility index (Phi) is 2.48. The summed E-state index contributed by atoms with van der Waals surface area (Å²) in [6.07, 6.45) is 3.99. The molecule has 0 saturated carbocycles. The Bertz CT molecular complexity index is 543. The van der Waals surface area contributed by atoms with Gasteiger partial charge in [0.2, 0.25) is 5.95 Å². The van der Waals surface area contributed by atoms with Crippen LogP contribution >= 0.6 is 0 Å². The molecule has 1 aliphatic rings. The third kappa shape index (κ3) is 1.76. The van der Waals surface area contributed by atoms with E-state index in [1.54, 1.807) is 0 Å². The summed E-state index contributed by atoms with van der Waals surface area (Å²) in [7, 11) is 0. The fourth-order valence-corrected chi connectivity index (χ4v) is 2.39. The second-order valence-corrected chi connectivity index (χ2v) is 4.57. The molecule has 1 atom stereocenters. The monoisotopic (exact) mass is 232 g/mol. The number of fused-ring (bicyclic) bond motifs is 1. The van der Waals surface area contributed by atoms with Crippen LogP contribution in [0.5, 0.6) is 0 Å². The van der Waals surface area contributed by atoms with Crippen LogP contribution in [0.4, 0.5) is 5.95 Å². The number of nitrogens with two attached hydrogens (primary N) is 1. The molecule has 0 aromatic carbocycles. The minimum Gasteiger partial charge on any atom is -0.379 e. The lowest BCUT2D eigenvalue weighted by Crippen LogP contribution is -2.22. The molecule has 0 amide bonds. The maximum absolute atomic E-state index is 5.99. The van der Waals surface area contributed by atoms with Gasteiger partial charge in [0.25, 0.3) is 0 Å². The Hall–Kier alpha value is -1.62. The zero-order valence-corrected chi connectivity index (χ0v) is 9.89. The third-order valence-electron chi connectivity index (χ3n) is 3.20. The summed E-state index contributed by atoms with van der Waals surface area (Å²) >= 11 is 0. The lowest BCUT2D eigenvalue weighted by molar-refractivity contribution is 0.0610. The van der Waals surface area contributed by atoms with Crippen molar-refractivity contribution in [3.05, 3.63) is 17.8 Å². The number of rotatable bonds is 1. The smallest absolute Gasteiger partial charge is 0.202 e. The van der Waals surface area contributed by atoms with Crippen LogP contribution in [-0.4, -0.2) is 27.7 Å². The van der Waals surface area contributed by atoms with Crippen molar-refractivity contribution in [2.24, 2.45) is 0 Å². The number of hydrogen-bond acceptors (Lipinski definition) is 4. The Morgan fingerprint density at radius 3 is 3.18 bits per heavy atom. The van der Waals surface area contributed by atoms with Gasteiger partial charge in [0, 0.05) is 12.8 Å². The van der Waals surface area contributed by atoms with Crippen LogP contribution in [0.3, 0.4) is 0 Å². The first kappa shape index (κ1) is 10.5.